The molecule has 5 rings (SSSR count). The van der Waals surface area contributed by atoms with Crippen molar-refractivity contribution in [3.63, 3.8) is 0 Å². The van der Waals surface area contributed by atoms with Crippen LogP contribution in [0.5, 0.6) is 5.75 Å². The largest absolute Gasteiger partial charge is 0.496 e. The topological polar surface area (TPSA) is 30.3 Å². The molecular formula is C20H25N3O. The van der Waals surface area contributed by atoms with Crippen LogP contribution in [0.2, 0.25) is 0 Å². The smallest absolute Gasteiger partial charge is 0.128 e. The van der Waals surface area contributed by atoms with Gasteiger partial charge in [0.25, 0.3) is 0 Å². The number of methoxy groups -OCH3 is 1. The van der Waals surface area contributed by atoms with Gasteiger partial charge >= 0.3 is 0 Å². The Morgan fingerprint density at radius 2 is 2.08 bits per heavy atom. The Morgan fingerprint density at radius 3 is 2.88 bits per heavy atom. The molecule has 1 aliphatic carbocycles. The number of nitrogens with zero attached hydrogens (tertiary/aromatic N) is 3. The molecule has 2 fully saturated rings. The van der Waals surface area contributed by atoms with Crippen LogP contribution >= 0.6 is 0 Å². The van der Waals surface area contributed by atoms with E-state index in [1.165, 1.54) is 50.3 Å². The van der Waals surface area contributed by atoms with E-state index in [9.17, 15) is 0 Å². The quantitative estimate of drug-likeness (QED) is 0.868. The monoisotopic (exact) mass is 323 g/mol. The summed E-state index contributed by atoms with van der Waals surface area (Å²) in [6.45, 7) is 3.64. The molecule has 24 heavy (non-hydrogen) atoms. The number of fused-ring (bicyclic) bond motifs is 1. The molecule has 1 spiro atoms. The zero-order valence-electron chi connectivity index (χ0n) is 14.4. The molecule has 1 aromatic heterocycles. The van der Waals surface area contributed by atoms with Gasteiger partial charge in [0, 0.05) is 36.5 Å². The number of likely N-dealkylation sites (tertiary alicyclic amines) is 1. The average molecular weight is 323 g/mol. The Balaban J connectivity index is 1.43. The molecule has 0 amide bonds. The first-order valence-corrected chi connectivity index (χ1v) is 9.20. The summed E-state index contributed by atoms with van der Waals surface area (Å²) in [5.74, 6) is 2.19. The van der Waals surface area contributed by atoms with E-state index in [4.69, 9.17) is 9.72 Å². The van der Waals surface area contributed by atoms with Crippen LogP contribution in [0.15, 0.2) is 30.5 Å². The first-order chi connectivity index (χ1) is 11.8. The van der Waals surface area contributed by atoms with Crippen LogP contribution in [0, 0.1) is 5.41 Å². The van der Waals surface area contributed by atoms with E-state index in [0.717, 1.165) is 30.3 Å². The molecule has 1 saturated heterocycles. The van der Waals surface area contributed by atoms with E-state index < -0.39 is 0 Å². The van der Waals surface area contributed by atoms with E-state index in [2.05, 4.69) is 21.6 Å². The zero-order chi connectivity index (χ0) is 16.1. The predicted molar refractivity (Wildman–Crippen MR) is 94.2 cm³/mol. The van der Waals surface area contributed by atoms with Gasteiger partial charge in [-0.2, -0.15) is 0 Å². The summed E-state index contributed by atoms with van der Waals surface area (Å²) >= 11 is 0. The summed E-state index contributed by atoms with van der Waals surface area (Å²) < 4.78 is 8.01. The Morgan fingerprint density at radius 1 is 1.21 bits per heavy atom. The zero-order valence-corrected chi connectivity index (χ0v) is 14.4. The third-order valence-electron chi connectivity index (χ3n) is 6.41. The molecule has 3 heterocycles. The lowest BCUT2D eigenvalue weighted by molar-refractivity contribution is 0.137. The molecule has 4 heteroatoms. The Kier molecular flexibility index (Phi) is 3.24. The second-order valence-corrected chi connectivity index (χ2v) is 7.83. The summed E-state index contributed by atoms with van der Waals surface area (Å²) in [5.41, 5.74) is 2.78. The van der Waals surface area contributed by atoms with E-state index >= 15 is 0 Å². The maximum atomic E-state index is 5.57. The van der Waals surface area contributed by atoms with Crippen LogP contribution in [-0.4, -0.2) is 40.7 Å². The standard InChI is InChI=1S/C20H25N3O/c1-24-18-8-3-2-7-16(18)17-12-21-19-11-20(14-23(17)19)9-10-22(13-20)15-5-4-6-15/h2-3,7-8,12,15H,4-6,9-11,13-14H2,1H3. The Labute approximate surface area is 143 Å². The van der Waals surface area contributed by atoms with Gasteiger partial charge in [-0.15, -0.1) is 0 Å². The molecule has 1 atom stereocenters. The van der Waals surface area contributed by atoms with Gasteiger partial charge in [0.05, 0.1) is 19.0 Å². The molecule has 0 N–H and O–H groups in total. The third kappa shape index (κ3) is 2.12. The van der Waals surface area contributed by atoms with Crippen molar-refractivity contribution >= 4 is 0 Å². The summed E-state index contributed by atoms with van der Waals surface area (Å²) in [6.07, 6.45) is 8.72. The summed E-state index contributed by atoms with van der Waals surface area (Å²) in [5, 5.41) is 0. The van der Waals surface area contributed by atoms with Crippen molar-refractivity contribution in [2.24, 2.45) is 5.41 Å². The van der Waals surface area contributed by atoms with Gasteiger partial charge in [-0.05, 0) is 37.9 Å². The number of para-hydroxylation sites is 1. The number of ether oxygens (including phenoxy) is 1. The highest BCUT2D eigenvalue weighted by atomic mass is 16.5. The predicted octanol–water partition coefficient (Wildman–Crippen LogP) is 3.36. The number of rotatable bonds is 3. The number of imidazole rings is 1. The van der Waals surface area contributed by atoms with E-state index in [0.29, 0.717) is 5.41 Å². The molecule has 1 unspecified atom stereocenters. The first kappa shape index (κ1) is 14.5. The van der Waals surface area contributed by atoms with Crippen LogP contribution in [0.4, 0.5) is 0 Å². The average Bonchev–Trinajstić information content (AvgIpc) is 3.21. The van der Waals surface area contributed by atoms with Gasteiger partial charge in [0.15, 0.2) is 0 Å². The lowest BCUT2D eigenvalue weighted by Gasteiger charge is -2.35. The maximum Gasteiger partial charge on any atom is 0.128 e. The maximum absolute atomic E-state index is 5.57. The fourth-order valence-corrected chi connectivity index (χ4v) is 4.84. The minimum atomic E-state index is 0.413. The molecule has 3 aliphatic rings. The molecule has 2 aromatic rings. The van der Waals surface area contributed by atoms with Crippen molar-refractivity contribution in [2.75, 3.05) is 20.2 Å². The molecule has 126 valence electrons. The molecule has 0 bridgehead atoms. The molecular weight excluding hydrogens is 298 g/mol. The van der Waals surface area contributed by atoms with Crippen molar-refractivity contribution in [3.05, 3.63) is 36.3 Å². The molecule has 4 nitrogen and oxygen atoms in total. The van der Waals surface area contributed by atoms with Crippen LogP contribution in [0.25, 0.3) is 11.3 Å². The summed E-state index contributed by atoms with van der Waals surface area (Å²) in [4.78, 5) is 7.51. The summed E-state index contributed by atoms with van der Waals surface area (Å²) in [6, 6.07) is 9.15. The van der Waals surface area contributed by atoms with Gasteiger partial charge in [-0.1, -0.05) is 18.6 Å². The van der Waals surface area contributed by atoms with Gasteiger partial charge in [0.2, 0.25) is 0 Å². The Bertz CT molecular complexity index is 764. The molecule has 1 saturated carbocycles. The van der Waals surface area contributed by atoms with E-state index in [-0.39, 0.29) is 0 Å². The van der Waals surface area contributed by atoms with Crippen LogP contribution in [-0.2, 0) is 13.0 Å². The van der Waals surface area contributed by atoms with Crippen molar-refractivity contribution in [1.82, 2.24) is 14.5 Å². The van der Waals surface area contributed by atoms with E-state index in [1.807, 2.05) is 18.3 Å². The first-order valence-electron chi connectivity index (χ1n) is 9.20. The fraction of sp³-hybridized carbons (Fsp3) is 0.550. The summed E-state index contributed by atoms with van der Waals surface area (Å²) in [7, 11) is 1.75. The van der Waals surface area contributed by atoms with Crippen LogP contribution in [0.3, 0.4) is 0 Å². The molecule has 0 radical (unpaired) electrons. The van der Waals surface area contributed by atoms with Gasteiger partial charge < -0.3 is 9.30 Å². The van der Waals surface area contributed by atoms with Crippen molar-refractivity contribution in [1.29, 1.82) is 0 Å². The highest BCUT2D eigenvalue weighted by Gasteiger charge is 2.46. The highest BCUT2D eigenvalue weighted by molar-refractivity contribution is 5.67. The van der Waals surface area contributed by atoms with Gasteiger partial charge in [0.1, 0.15) is 11.6 Å². The normalized spacial score (nSPS) is 26.7. The van der Waals surface area contributed by atoms with Gasteiger partial charge in [-0.25, -0.2) is 4.98 Å². The lowest BCUT2D eigenvalue weighted by atomic mass is 9.85. The van der Waals surface area contributed by atoms with Crippen LogP contribution in [0.1, 0.15) is 31.5 Å². The number of hydrogen-bond acceptors (Lipinski definition) is 3. The molecule has 1 aromatic carbocycles. The second kappa shape index (κ2) is 5.35. The fourth-order valence-electron chi connectivity index (χ4n) is 4.84. The van der Waals surface area contributed by atoms with Crippen LogP contribution < -0.4 is 4.74 Å². The number of aromatic nitrogens is 2. The van der Waals surface area contributed by atoms with E-state index in [1.54, 1.807) is 7.11 Å². The number of benzene rings is 1. The van der Waals surface area contributed by atoms with Crippen molar-refractivity contribution in [2.45, 2.75) is 44.7 Å². The number of hydrogen-bond donors (Lipinski definition) is 0. The lowest BCUT2D eigenvalue weighted by Crippen LogP contribution is -2.40. The minimum absolute atomic E-state index is 0.413. The minimum Gasteiger partial charge on any atom is -0.496 e. The highest BCUT2D eigenvalue weighted by Crippen LogP contribution is 2.45. The molecule has 2 aliphatic heterocycles. The van der Waals surface area contributed by atoms with Gasteiger partial charge in [-0.3, -0.25) is 4.90 Å². The van der Waals surface area contributed by atoms with Crippen molar-refractivity contribution in [3.8, 4) is 17.0 Å². The van der Waals surface area contributed by atoms with Crippen molar-refractivity contribution < 1.29 is 4.74 Å². The second-order valence-electron chi connectivity index (χ2n) is 7.83. The Hall–Kier alpha value is -1.81. The third-order valence-corrected chi connectivity index (χ3v) is 6.41. The SMILES string of the molecule is COc1ccccc1-c1cnc2n1CC1(CCN(C3CCC3)C1)C2.